The second-order valence-corrected chi connectivity index (χ2v) is 37.8. The normalized spacial score (nSPS) is 14.1. The molecular weight excluding hydrogens is 1090 g/mol. The monoisotopic (exact) mass is 1200 g/mol. The van der Waals surface area contributed by atoms with Gasteiger partial charge >= 0.3 is 0 Å². The highest BCUT2D eigenvalue weighted by Crippen LogP contribution is 2.51. The maximum atomic E-state index is 7.52. The van der Waals surface area contributed by atoms with Crippen molar-refractivity contribution in [2.24, 2.45) is 0 Å². The molecule has 8 aromatic carbocycles. The minimum Gasteiger partial charge on any atom is -0.456 e. The average Bonchev–Trinajstić information content (AvgIpc) is 1.44. The van der Waals surface area contributed by atoms with Crippen LogP contribution in [-0.4, -0.2) is 0 Å². The van der Waals surface area contributed by atoms with E-state index in [2.05, 4.69) is 329 Å². The molecule has 0 amide bonds. The topological polar surface area (TPSA) is 26.3 Å². The van der Waals surface area contributed by atoms with Crippen molar-refractivity contribution in [3.63, 3.8) is 0 Å². The minimum absolute atomic E-state index is 0.0462. The predicted octanol–water partition coefficient (Wildman–Crippen LogP) is 26.0. The van der Waals surface area contributed by atoms with Crippen LogP contribution in [0.4, 0.5) is 0 Å². The fraction of sp³-hybridized carbons (Fsp3) is 0.477. The van der Waals surface area contributed by atoms with Crippen LogP contribution < -0.4 is 0 Å². The van der Waals surface area contributed by atoms with Gasteiger partial charge in [0.1, 0.15) is 22.3 Å². The number of rotatable bonds is 6. The van der Waals surface area contributed by atoms with Crippen LogP contribution in [0.5, 0.6) is 0 Å². The standard InChI is InChI=1S/C88H112O2/c1-79(2,3)57-35-53(36-58(45-57)80(4,5)6)73(54-37-59(81(7,8)9)46-60(38-54)82(10,11)12)51-31-33-65-69-49-67-68(75(87(25,26)27)77(69)89-71(65)43-51)50-70-66-34-32-52(44-72(66)90-78(70)76(67)88(28,29)30)74(55-39-61(83(13,14)15)47-62(40-55)84(16,17)18)56-41-63(85(19,20)21)48-64(42-56)86(22,23)24/h31-50,73-74H,1-30H3. The molecule has 0 bridgehead atoms. The fourth-order valence-electron chi connectivity index (χ4n) is 13.8. The quantitative estimate of drug-likeness (QED) is 0.155. The number of fused-ring (bicyclic) bond motifs is 7. The Morgan fingerprint density at radius 1 is 0.200 bits per heavy atom. The van der Waals surface area contributed by atoms with Crippen molar-refractivity contribution in [3.8, 4) is 0 Å². The lowest BCUT2D eigenvalue weighted by molar-refractivity contribution is 0.563. The van der Waals surface area contributed by atoms with Crippen molar-refractivity contribution in [1.82, 2.24) is 0 Å². The van der Waals surface area contributed by atoms with Gasteiger partial charge in [0.2, 0.25) is 0 Å². The molecule has 0 radical (unpaired) electrons. The molecule has 2 heteroatoms. The molecule has 0 saturated heterocycles. The summed E-state index contributed by atoms with van der Waals surface area (Å²) in [4.78, 5) is 0. The molecule has 0 saturated carbocycles. The van der Waals surface area contributed by atoms with Crippen LogP contribution >= 0.6 is 0 Å². The van der Waals surface area contributed by atoms with E-state index in [1.54, 1.807) is 0 Å². The summed E-state index contributed by atoms with van der Waals surface area (Å²) in [5, 5.41) is 7.00. The number of benzene rings is 8. The molecule has 2 aromatic heterocycles. The molecule has 0 atom stereocenters. The summed E-state index contributed by atoms with van der Waals surface area (Å²) in [5.74, 6) is -0.105. The first kappa shape index (κ1) is 66.5. The third kappa shape index (κ3) is 12.8. The van der Waals surface area contributed by atoms with Gasteiger partial charge in [-0.3, -0.25) is 0 Å². The second kappa shape index (κ2) is 21.6. The van der Waals surface area contributed by atoms with Crippen LogP contribution in [0.3, 0.4) is 0 Å². The van der Waals surface area contributed by atoms with E-state index in [1.807, 2.05) is 0 Å². The summed E-state index contributed by atoms with van der Waals surface area (Å²) in [5.41, 5.74) is 23.9. The highest BCUT2D eigenvalue weighted by Gasteiger charge is 2.35. The zero-order valence-electron chi connectivity index (χ0n) is 61.5. The molecule has 90 heavy (non-hydrogen) atoms. The zero-order valence-corrected chi connectivity index (χ0v) is 61.5. The van der Waals surface area contributed by atoms with E-state index < -0.39 is 0 Å². The Labute approximate surface area is 544 Å². The first-order valence-electron chi connectivity index (χ1n) is 33.9. The second-order valence-electron chi connectivity index (χ2n) is 37.8. The molecule has 10 aromatic rings. The Morgan fingerprint density at radius 3 is 0.600 bits per heavy atom. The molecule has 0 aliphatic heterocycles. The van der Waals surface area contributed by atoms with Crippen LogP contribution in [0.2, 0.25) is 0 Å². The lowest BCUT2D eigenvalue weighted by Crippen LogP contribution is -2.20. The van der Waals surface area contributed by atoms with E-state index in [4.69, 9.17) is 8.83 Å². The Morgan fingerprint density at radius 2 is 0.411 bits per heavy atom. The van der Waals surface area contributed by atoms with E-state index in [-0.39, 0.29) is 66.0 Å². The van der Waals surface area contributed by atoms with Gasteiger partial charge in [-0.05, 0) is 167 Å². The van der Waals surface area contributed by atoms with Crippen LogP contribution in [0.1, 0.15) is 309 Å². The number of hydrogen-bond donors (Lipinski definition) is 0. The Kier molecular flexibility index (Phi) is 16.0. The predicted molar refractivity (Wildman–Crippen MR) is 393 cm³/mol. The highest BCUT2D eigenvalue weighted by molar-refractivity contribution is 6.19. The maximum absolute atomic E-state index is 7.52. The Hall–Kier alpha value is -6.38. The molecule has 0 fully saturated rings. The number of furan rings is 2. The van der Waals surface area contributed by atoms with Gasteiger partial charge in [-0.25, -0.2) is 0 Å². The van der Waals surface area contributed by atoms with Crippen LogP contribution in [0.15, 0.2) is 130 Å². The average molecular weight is 1200 g/mol. The van der Waals surface area contributed by atoms with Gasteiger partial charge in [-0.1, -0.05) is 305 Å². The fourth-order valence-corrected chi connectivity index (χ4v) is 13.8. The van der Waals surface area contributed by atoms with Crippen molar-refractivity contribution < 1.29 is 8.83 Å². The van der Waals surface area contributed by atoms with E-state index >= 15 is 0 Å². The van der Waals surface area contributed by atoms with Gasteiger partial charge in [-0.15, -0.1) is 0 Å². The zero-order chi connectivity index (χ0) is 66.7. The molecule has 2 heterocycles. The summed E-state index contributed by atoms with van der Waals surface area (Å²) in [6.07, 6.45) is 0. The van der Waals surface area contributed by atoms with Gasteiger partial charge in [0.25, 0.3) is 0 Å². The summed E-state index contributed by atoms with van der Waals surface area (Å²) in [6, 6.07) is 49.1. The van der Waals surface area contributed by atoms with Gasteiger partial charge < -0.3 is 8.83 Å². The molecule has 0 aliphatic carbocycles. The molecular formula is C88H112O2. The minimum atomic E-state index is -0.283. The van der Waals surface area contributed by atoms with Gasteiger partial charge in [-0.2, -0.15) is 0 Å². The van der Waals surface area contributed by atoms with E-state index in [9.17, 15) is 0 Å². The van der Waals surface area contributed by atoms with Crippen LogP contribution in [0.25, 0.3) is 54.6 Å². The lowest BCUT2D eigenvalue weighted by Gasteiger charge is -2.31. The third-order valence-corrected chi connectivity index (χ3v) is 19.6. The van der Waals surface area contributed by atoms with Crippen molar-refractivity contribution >= 4 is 54.6 Å². The molecule has 0 N–H and O–H groups in total. The molecule has 0 unspecified atom stereocenters. The van der Waals surface area contributed by atoms with Gasteiger partial charge in [0.05, 0.1) is 0 Å². The molecule has 10 rings (SSSR count). The first-order valence-corrected chi connectivity index (χ1v) is 33.9. The van der Waals surface area contributed by atoms with E-state index in [0.29, 0.717) is 0 Å². The van der Waals surface area contributed by atoms with Crippen LogP contribution in [-0.2, 0) is 54.1 Å². The Bertz CT molecular complexity index is 3860. The van der Waals surface area contributed by atoms with Crippen molar-refractivity contribution in [1.29, 1.82) is 0 Å². The summed E-state index contributed by atoms with van der Waals surface area (Å²) in [7, 11) is 0. The van der Waals surface area contributed by atoms with Crippen molar-refractivity contribution in [3.05, 3.63) is 210 Å². The maximum Gasteiger partial charge on any atom is 0.139 e. The van der Waals surface area contributed by atoms with Gasteiger partial charge in [0, 0.05) is 44.5 Å². The smallest absolute Gasteiger partial charge is 0.139 e. The molecule has 0 spiro atoms. The molecule has 0 aliphatic rings. The highest BCUT2D eigenvalue weighted by atomic mass is 16.3. The van der Waals surface area contributed by atoms with Crippen molar-refractivity contribution in [2.75, 3.05) is 0 Å². The van der Waals surface area contributed by atoms with E-state index in [1.165, 1.54) is 99.8 Å². The van der Waals surface area contributed by atoms with Gasteiger partial charge in [0.15, 0.2) is 0 Å². The summed E-state index contributed by atoms with van der Waals surface area (Å²) in [6.45, 7) is 70.6. The third-order valence-electron chi connectivity index (χ3n) is 19.6. The molecule has 476 valence electrons. The summed E-state index contributed by atoms with van der Waals surface area (Å²) < 4.78 is 15.0. The molecule has 2 nitrogen and oxygen atoms in total. The largest absolute Gasteiger partial charge is 0.456 e. The lowest BCUT2D eigenvalue weighted by atomic mass is 9.73. The van der Waals surface area contributed by atoms with Crippen molar-refractivity contribution in [2.45, 2.75) is 274 Å². The Balaban J connectivity index is 1.25. The first-order chi connectivity index (χ1) is 40.9. The number of hydrogen-bond acceptors (Lipinski definition) is 2. The SMILES string of the molecule is CC(C)(C)c1cc(C(c2cc(C(C)(C)C)cc(C(C)(C)C)c2)c2ccc3c(c2)oc2c(C(C)(C)C)c4cc5c(oc6cc(C(c7cc(C(C)(C)C)cc(C(C)(C)C)c7)c7cc(C(C)(C)C)cc(C(C)(C)C)c7)ccc65)c(C(C)(C)C)c4cc23)cc(C(C)(C)C)c1. The summed E-state index contributed by atoms with van der Waals surface area (Å²) >= 11 is 0. The van der Waals surface area contributed by atoms with E-state index in [0.717, 1.165) is 43.9 Å². The van der Waals surface area contributed by atoms with Crippen LogP contribution in [0, 0.1) is 0 Å².